The highest BCUT2D eigenvalue weighted by Gasteiger charge is 2.44. The monoisotopic (exact) mass is 195 g/mol. The topological polar surface area (TPSA) is 3.01 Å². The highest BCUT2D eigenvalue weighted by molar-refractivity contribution is 5.00. The van der Waals surface area contributed by atoms with E-state index in [-0.39, 0.29) is 0 Å². The van der Waals surface area contributed by atoms with Crippen LogP contribution in [0.4, 0.5) is 0 Å². The van der Waals surface area contributed by atoms with Crippen LogP contribution in [-0.4, -0.2) is 23.5 Å². The molecule has 0 saturated carbocycles. The zero-order chi connectivity index (χ0) is 9.80. The van der Waals surface area contributed by atoms with Gasteiger partial charge in [-0.25, -0.2) is 0 Å². The van der Waals surface area contributed by atoms with Gasteiger partial charge in [-0.2, -0.15) is 0 Å². The maximum Gasteiger partial charge on any atom is 0.0255 e. The number of nitrogens with zero attached hydrogens (tertiary/aromatic N) is 1. The third kappa shape index (κ3) is 2.50. The lowest BCUT2D eigenvalue weighted by Crippen LogP contribution is -2.04. The molecule has 14 heavy (non-hydrogen) atoms. The minimum absolute atomic E-state index is 0.967. The van der Waals surface area contributed by atoms with Crippen molar-refractivity contribution in [2.75, 3.05) is 6.54 Å². The Morgan fingerprint density at radius 1 is 0.929 bits per heavy atom. The van der Waals surface area contributed by atoms with Crippen LogP contribution in [0.5, 0.6) is 0 Å². The predicted octanol–water partition coefficient (Wildman–Crippen LogP) is 3.58. The molecule has 2 saturated heterocycles. The first kappa shape index (κ1) is 10.5. The van der Waals surface area contributed by atoms with E-state index < -0.39 is 0 Å². The van der Waals surface area contributed by atoms with E-state index in [1.54, 1.807) is 0 Å². The molecule has 0 aromatic rings. The van der Waals surface area contributed by atoms with Crippen molar-refractivity contribution in [2.45, 2.75) is 76.8 Å². The summed E-state index contributed by atoms with van der Waals surface area (Å²) in [6.45, 7) is 3.74. The zero-order valence-electron chi connectivity index (χ0n) is 9.67. The fourth-order valence-electron chi connectivity index (χ4n) is 3.12. The van der Waals surface area contributed by atoms with Gasteiger partial charge in [0.2, 0.25) is 0 Å². The minimum atomic E-state index is 0.967. The second-order valence-corrected chi connectivity index (χ2v) is 5.04. The van der Waals surface area contributed by atoms with E-state index in [4.69, 9.17) is 0 Å². The summed E-state index contributed by atoms with van der Waals surface area (Å²) in [5.41, 5.74) is 0. The Hall–Kier alpha value is -0.0400. The van der Waals surface area contributed by atoms with Crippen molar-refractivity contribution in [2.24, 2.45) is 0 Å². The van der Waals surface area contributed by atoms with Gasteiger partial charge >= 0.3 is 0 Å². The molecule has 0 amide bonds. The van der Waals surface area contributed by atoms with Crippen molar-refractivity contribution in [3.05, 3.63) is 0 Å². The average Bonchev–Trinajstić information content (AvgIpc) is 2.87. The van der Waals surface area contributed by atoms with E-state index in [1.807, 2.05) is 0 Å². The summed E-state index contributed by atoms with van der Waals surface area (Å²) in [5, 5.41) is 0. The van der Waals surface area contributed by atoms with Crippen molar-refractivity contribution in [1.29, 1.82) is 0 Å². The van der Waals surface area contributed by atoms with Crippen LogP contribution in [0.1, 0.15) is 64.7 Å². The van der Waals surface area contributed by atoms with Gasteiger partial charge in [0.25, 0.3) is 0 Å². The van der Waals surface area contributed by atoms with E-state index in [0.717, 1.165) is 12.1 Å². The van der Waals surface area contributed by atoms with Gasteiger partial charge in [-0.05, 0) is 25.8 Å². The average molecular weight is 195 g/mol. The molecule has 82 valence electrons. The Kier molecular flexibility index (Phi) is 3.86. The van der Waals surface area contributed by atoms with Gasteiger partial charge in [0.05, 0.1) is 0 Å². The molecule has 2 heterocycles. The highest BCUT2D eigenvalue weighted by Crippen LogP contribution is 2.35. The third-order valence-electron chi connectivity index (χ3n) is 4.04. The van der Waals surface area contributed by atoms with E-state index >= 15 is 0 Å². The van der Waals surface area contributed by atoms with Crippen molar-refractivity contribution >= 4 is 0 Å². The van der Waals surface area contributed by atoms with Crippen molar-refractivity contribution in [3.63, 3.8) is 0 Å². The van der Waals surface area contributed by atoms with Crippen LogP contribution in [0.3, 0.4) is 0 Å². The first-order valence-electron chi connectivity index (χ1n) is 6.69. The SMILES string of the molecule is CCC1C2CCCCCCCCCN12. The maximum atomic E-state index is 2.76. The van der Waals surface area contributed by atoms with Gasteiger partial charge in [0.15, 0.2) is 0 Å². The molecule has 1 heteroatoms. The second kappa shape index (κ2) is 5.16. The van der Waals surface area contributed by atoms with Crippen LogP contribution >= 0.6 is 0 Å². The lowest BCUT2D eigenvalue weighted by Gasteiger charge is -2.02. The van der Waals surface area contributed by atoms with Crippen LogP contribution in [0.15, 0.2) is 0 Å². The standard InChI is InChI=1S/C13H25N/c1-2-12-13-10-8-6-4-3-5-7-9-11-14(12)13/h12-13H,2-11H2,1H3. The summed E-state index contributed by atoms with van der Waals surface area (Å²) < 4.78 is 0. The smallest absolute Gasteiger partial charge is 0.0255 e. The summed E-state index contributed by atoms with van der Waals surface area (Å²) >= 11 is 0. The Balaban J connectivity index is 1.77. The summed E-state index contributed by atoms with van der Waals surface area (Å²) in [6.07, 6.45) is 13.2. The lowest BCUT2D eigenvalue weighted by atomic mass is 10.1. The number of rotatable bonds is 1. The minimum Gasteiger partial charge on any atom is -0.294 e. The molecule has 0 aromatic heterocycles. The third-order valence-corrected chi connectivity index (χ3v) is 4.04. The van der Waals surface area contributed by atoms with Crippen LogP contribution in [0.2, 0.25) is 0 Å². The van der Waals surface area contributed by atoms with Crippen LogP contribution in [-0.2, 0) is 0 Å². The fraction of sp³-hybridized carbons (Fsp3) is 1.00. The van der Waals surface area contributed by atoms with Gasteiger partial charge in [-0.1, -0.05) is 45.4 Å². The molecule has 3 atom stereocenters. The molecule has 0 aliphatic carbocycles. The fourth-order valence-corrected chi connectivity index (χ4v) is 3.12. The van der Waals surface area contributed by atoms with Crippen molar-refractivity contribution in [1.82, 2.24) is 4.90 Å². The zero-order valence-corrected chi connectivity index (χ0v) is 9.67. The van der Waals surface area contributed by atoms with E-state index in [9.17, 15) is 0 Å². The molecule has 0 bridgehead atoms. The largest absolute Gasteiger partial charge is 0.294 e. The molecule has 3 unspecified atom stereocenters. The Morgan fingerprint density at radius 2 is 1.57 bits per heavy atom. The first-order chi connectivity index (χ1) is 6.93. The molecule has 1 nitrogen and oxygen atoms in total. The van der Waals surface area contributed by atoms with E-state index in [1.165, 1.54) is 64.3 Å². The summed E-state index contributed by atoms with van der Waals surface area (Å²) in [5.74, 6) is 0. The van der Waals surface area contributed by atoms with Gasteiger partial charge in [0.1, 0.15) is 0 Å². The highest BCUT2D eigenvalue weighted by atomic mass is 15.3. The molecule has 0 N–H and O–H groups in total. The number of fused-ring (bicyclic) bond motifs is 1. The van der Waals surface area contributed by atoms with Crippen molar-refractivity contribution in [3.8, 4) is 0 Å². The molecule has 2 rings (SSSR count). The quantitative estimate of drug-likeness (QED) is 0.578. The normalized spacial score (nSPS) is 39.6. The van der Waals surface area contributed by atoms with Crippen molar-refractivity contribution < 1.29 is 0 Å². The van der Waals surface area contributed by atoms with Gasteiger partial charge in [0, 0.05) is 12.1 Å². The molecular formula is C13H25N. The van der Waals surface area contributed by atoms with Gasteiger partial charge in [-0.15, -0.1) is 0 Å². The van der Waals surface area contributed by atoms with Gasteiger partial charge < -0.3 is 0 Å². The van der Waals surface area contributed by atoms with Gasteiger partial charge in [-0.3, -0.25) is 4.90 Å². The molecule has 0 spiro atoms. The Labute approximate surface area is 88.9 Å². The lowest BCUT2D eigenvalue weighted by molar-refractivity contribution is 0.442. The van der Waals surface area contributed by atoms with E-state index in [2.05, 4.69) is 11.8 Å². The molecule has 0 aromatic carbocycles. The summed E-state index contributed by atoms with van der Waals surface area (Å²) in [4.78, 5) is 2.76. The number of hydrogen-bond donors (Lipinski definition) is 0. The first-order valence-corrected chi connectivity index (χ1v) is 6.69. The molecule has 2 aliphatic rings. The number of hydrogen-bond acceptors (Lipinski definition) is 1. The summed E-state index contributed by atoms with van der Waals surface area (Å²) in [7, 11) is 0. The second-order valence-electron chi connectivity index (χ2n) is 5.04. The Morgan fingerprint density at radius 3 is 2.29 bits per heavy atom. The van der Waals surface area contributed by atoms with Crippen LogP contribution in [0.25, 0.3) is 0 Å². The molecule has 2 fully saturated rings. The predicted molar refractivity (Wildman–Crippen MR) is 61.5 cm³/mol. The molecule has 2 aliphatic heterocycles. The van der Waals surface area contributed by atoms with Crippen LogP contribution < -0.4 is 0 Å². The Bertz CT molecular complexity index is 151. The van der Waals surface area contributed by atoms with E-state index in [0.29, 0.717) is 0 Å². The summed E-state index contributed by atoms with van der Waals surface area (Å²) in [6, 6.07) is 1.95. The maximum absolute atomic E-state index is 2.76. The molecule has 0 radical (unpaired) electrons. The molecular weight excluding hydrogens is 170 g/mol. The van der Waals surface area contributed by atoms with Crippen LogP contribution in [0, 0.1) is 0 Å².